The number of carbonyl (C=O) groups is 3. The van der Waals surface area contributed by atoms with Crippen LogP contribution in [0.1, 0.15) is 11.1 Å². The molecule has 1 N–H and O–H groups in total. The van der Waals surface area contributed by atoms with Gasteiger partial charge in [-0.15, -0.1) is 0 Å². The van der Waals surface area contributed by atoms with Crippen molar-refractivity contribution in [3.8, 4) is 5.75 Å². The molecule has 1 heterocycles. The predicted octanol–water partition coefficient (Wildman–Crippen LogP) is 5.88. The summed E-state index contributed by atoms with van der Waals surface area (Å²) in [4.78, 5) is 39.2. The van der Waals surface area contributed by atoms with Gasteiger partial charge in [0.2, 0.25) is 0 Å². The maximum Gasteiger partial charge on any atom is 0.336 e. The first-order valence-electron chi connectivity index (χ1n) is 11.0. The molecule has 4 amide bonds. The van der Waals surface area contributed by atoms with Crippen LogP contribution in [0.2, 0.25) is 5.02 Å². The van der Waals surface area contributed by atoms with Gasteiger partial charge in [0.1, 0.15) is 23.7 Å². The average molecular weight is 501 g/mol. The summed E-state index contributed by atoms with van der Waals surface area (Å²) in [5.41, 5.74) is 0.712. The van der Waals surface area contributed by atoms with Crippen molar-refractivity contribution >= 4 is 52.0 Å². The molecule has 0 radical (unpaired) electrons. The Balaban J connectivity index is 1.59. The smallest absolute Gasteiger partial charge is 0.336 e. The molecular weight excluding hydrogens is 483 g/mol. The number of urea groups is 1. The fourth-order valence-electron chi connectivity index (χ4n) is 3.99. The number of barbiturate groups is 1. The highest BCUT2D eigenvalue weighted by molar-refractivity contribution is 6.39. The van der Waals surface area contributed by atoms with E-state index in [0.29, 0.717) is 21.2 Å². The number of anilines is 1. The van der Waals surface area contributed by atoms with Gasteiger partial charge in [0.05, 0.1) is 5.69 Å². The molecule has 1 fully saturated rings. The Hall–Kier alpha value is -4.49. The van der Waals surface area contributed by atoms with E-state index in [2.05, 4.69) is 5.32 Å². The molecule has 4 aromatic rings. The topological polar surface area (TPSA) is 75.7 Å². The molecule has 0 atom stereocenters. The molecule has 1 aliphatic heterocycles. The van der Waals surface area contributed by atoms with Gasteiger partial charge in [0.15, 0.2) is 0 Å². The zero-order valence-corrected chi connectivity index (χ0v) is 19.5. The summed E-state index contributed by atoms with van der Waals surface area (Å²) in [5, 5.41) is 4.27. The Morgan fingerprint density at radius 2 is 1.69 bits per heavy atom. The van der Waals surface area contributed by atoms with Crippen molar-refractivity contribution in [1.29, 1.82) is 0 Å². The first-order valence-corrected chi connectivity index (χ1v) is 11.3. The fourth-order valence-corrected chi connectivity index (χ4v) is 4.20. The minimum atomic E-state index is -1.03. The molecule has 5 rings (SSSR count). The Bertz CT molecular complexity index is 1570. The molecule has 178 valence electrons. The minimum Gasteiger partial charge on any atom is -0.488 e. The number of nitrogens with zero attached hydrogens (tertiary/aromatic N) is 1. The number of rotatable bonds is 5. The molecule has 0 aliphatic carbocycles. The fraction of sp³-hybridized carbons (Fsp3) is 0.0357. The van der Waals surface area contributed by atoms with Gasteiger partial charge in [-0.2, -0.15) is 0 Å². The van der Waals surface area contributed by atoms with Gasteiger partial charge >= 0.3 is 6.03 Å². The normalized spacial score (nSPS) is 14.9. The van der Waals surface area contributed by atoms with E-state index in [-0.39, 0.29) is 17.9 Å². The van der Waals surface area contributed by atoms with Crippen LogP contribution in [0.4, 0.5) is 14.9 Å². The van der Waals surface area contributed by atoms with Crippen molar-refractivity contribution in [3.05, 3.63) is 112 Å². The molecule has 0 saturated carbocycles. The van der Waals surface area contributed by atoms with Crippen LogP contribution in [0.3, 0.4) is 0 Å². The Morgan fingerprint density at radius 1 is 0.917 bits per heavy atom. The number of ether oxygens (including phenoxy) is 1. The van der Waals surface area contributed by atoms with Crippen molar-refractivity contribution in [2.24, 2.45) is 0 Å². The second kappa shape index (κ2) is 9.64. The number of carbonyl (C=O) groups excluding carboxylic acids is 3. The maximum absolute atomic E-state index is 14.4. The SMILES string of the molecule is O=C1NC(=O)N(c2ccccc2F)C(=O)/C1=C\c1c(OCc2cccc(Cl)c2)ccc2ccccc12. The van der Waals surface area contributed by atoms with Gasteiger partial charge in [-0.1, -0.05) is 66.2 Å². The number of amides is 4. The van der Waals surface area contributed by atoms with E-state index < -0.39 is 23.7 Å². The summed E-state index contributed by atoms with van der Waals surface area (Å²) >= 11 is 6.08. The van der Waals surface area contributed by atoms with E-state index in [1.165, 1.54) is 24.3 Å². The van der Waals surface area contributed by atoms with E-state index in [4.69, 9.17) is 16.3 Å². The predicted molar refractivity (Wildman–Crippen MR) is 135 cm³/mol. The summed E-state index contributed by atoms with van der Waals surface area (Å²) in [5.74, 6) is -2.18. The molecule has 1 aliphatic rings. The van der Waals surface area contributed by atoms with Crippen LogP contribution in [0.15, 0.2) is 90.5 Å². The number of para-hydroxylation sites is 1. The molecule has 0 aromatic heterocycles. The number of benzene rings is 4. The molecular formula is C28H18ClFN2O4. The highest BCUT2D eigenvalue weighted by atomic mass is 35.5. The third-order valence-electron chi connectivity index (χ3n) is 5.70. The summed E-state index contributed by atoms with van der Waals surface area (Å²) < 4.78 is 20.5. The molecule has 1 saturated heterocycles. The number of hydrogen-bond acceptors (Lipinski definition) is 4. The van der Waals surface area contributed by atoms with Crippen molar-refractivity contribution in [1.82, 2.24) is 5.32 Å². The lowest BCUT2D eigenvalue weighted by molar-refractivity contribution is -0.122. The lowest BCUT2D eigenvalue weighted by Crippen LogP contribution is -2.54. The Morgan fingerprint density at radius 3 is 2.50 bits per heavy atom. The summed E-state index contributed by atoms with van der Waals surface area (Å²) in [7, 11) is 0. The standard InChI is InChI=1S/C28H18ClFN2O4/c29-19-8-5-6-17(14-19)16-36-25-13-12-18-7-1-2-9-20(18)21(25)15-22-26(33)31-28(35)32(27(22)34)24-11-4-3-10-23(24)30/h1-15H,16H2,(H,31,33,35)/b22-15-. The van der Waals surface area contributed by atoms with Crippen molar-refractivity contribution in [2.75, 3.05) is 4.90 Å². The number of nitrogens with one attached hydrogen (secondary N) is 1. The van der Waals surface area contributed by atoms with Crippen LogP contribution in [0.25, 0.3) is 16.8 Å². The number of halogens is 2. The Kier molecular flexibility index (Phi) is 6.23. The summed E-state index contributed by atoms with van der Waals surface area (Å²) in [6.45, 7) is 0.190. The zero-order chi connectivity index (χ0) is 25.2. The van der Waals surface area contributed by atoms with Crippen molar-refractivity contribution < 1.29 is 23.5 Å². The van der Waals surface area contributed by atoms with Gasteiger partial charge in [0.25, 0.3) is 11.8 Å². The van der Waals surface area contributed by atoms with E-state index in [1.807, 2.05) is 42.5 Å². The van der Waals surface area contributed by atoms with Crippen LogP contribution in [0.5, 0.6) is 5.75 Å². The van der Waals surface area contributed by atoms with Crippen LogP contribution in [0, 0.1) is 5.82 Å². The average Bonchev–Trinajstić information content (AvgIpc) is 2.86. The maximum atomic E-state index is 14.4. The zero-order valence-electron chi connectivity index (χ0n) is 18.7. The Labute approximate surface area is 210 Å². The van der Waals surface area contributed by atoms with Crippen molar-refractivity contribution in [2.45, 2.75) is 6.61 Å². The van der Waals surface area contributed by atoms with E-state index in [1.54, 1.807) is 18.2 Å². The van der Waals surface area contributed by atoms with Crippen LogP contribution < -0.4 is 15.0 Å². The molecule has 0 bridgehead atoms. The van der Waals surface area contributed by atoms with Gasteiger partial charge in [0, 0.05) is 10.6 Å². The monoisotopic (exact) mass is 500 g/mol. The first kappa shape index (κ1) is 23.3. The van der Waals surface area contributed by atoms with E-state index in [9.17, 15) is 18.8 Å². The van der Waals surface area contributed by atoms with Crippen LogP contribution in [-0.2, 0) is 16.2 Å². The number of fused-ring (bicyclic) bond motifs is 1. The van der Waals surface area contributed by atoms with Gasteiger partial charge in [-0.05, 0) is 52.7 Å². The van der Waals surface area contributed by atoms with Crippen molar-refractivity contribution in [3.63, 3.8) is 0 Å². The molecule has 4 aromatic carbocycles. The van der Waals surface area contributed by atoms with E-state index >= 15 is 0 Å². The summed E-state index contributed by atoms with van der Waals surface area (Å²) in [6.07, 6.45) is 1.37. The van der Waals surface area contributed by atoms with Crippen LogP contribution in [-0.4, -0.2) is 17.8 Å². The lowest BCUT2D eigenvalue weighted by Gasteiger charge is -2.26. The summed E-state index contributed by atoms with van der Waals surface area (Å²) in [6, 6.07) is 22.5. The highest BCUT2D eigenvalue weighted by Gasteiger charge is 2.38. The quantitative estimate of drug-likeness (QED) is 0.274. The first-order chi connectivity index (χ1) is 17.4. The highest BCUT2D eigenvalue weighted by Crippen LogP contribution is 2.33. The second-order valence-electron chi connectivity index (χ2n) is 8.03. The van der Waals surface area contributed by atoms with Gasteiger partial charge in [-0.3, -0.25) is 14.9 Å². The third-order valence-corrected chi connectivity index (χ3v) is 5.93. The number of imide groups is 2. The molecule has 8 heteroatoms. The molecule has 36 heavy (non-hydrogen) atoms. The second-order valence-corrected chi connectivity index (χ2v) is 8.46. The largest absolute Gasteiger partial charge is 0.488 e. The van der Waals surface area contributed by atoms with Gasteiger partial charge < -0.3 is 4.74 Å². The van der Waals surface area contributed by atoms with Gasteiger partial charge in [-0.25, -0.2) is 14.1 Å². The van der Waals surface area contributed by atoms with E-state index in [0.717, 1.165) is 22.4 Å². The number of hydrogen-bond donors (Lipinski definition) is 1. The third kappa shape index (κ3) is 4.44. The lowest BCUT2D eigenvalue weighted by atomic mass is 9.99. The molecule has 0 unspecified atom stereocenters. The van der Waals surface area contributed by atoms with Crippen LogP contribution >= 0.6 is 11.6 Å². The molecule has 0 spiro atoms. The minimum absolute atomic E-state index is 0.190. The molecule has 6 nitrogen and oxygen atoms in total.